The van der Waals surface area contributed by atoms with E-state index in [-0.39, 0.29) is 12.0 Å². The fourth-order valence-electron chi connectivity index (χ4n) is 1.86. The Kier molecular flexibility index (Phi) is 4.90. The maximum absolute atomic E-state index is 10.7. The lowest BCUT2D eigenvalue weighted by Gasteiger charge is -2.35. The number of carbonyl (C=O) groups is 1. The van der Waals surface area contributed by atoms with Gasteiger partial charge >= 0.3 is 5.97 Å². The van der Waals surface area contributed by atoms with E-state index in [1.54, 1.807) is 6.20 Å². The molecule has 18 heavy (non-hydrogen) atoms. The van der Waals surface area contributed by atoms with Gasteiger partial charge in [-0.1, -0.05) is 0 Å². The molecule has 1 rings (SSSR count). The van der Waals surface area contributed by atoms with Crippen molar-refractivity contribution in [3.05, 3.63) is 18.0 Å². The molecule has 102 valence electrons. The molecule has 0 radical (unpaired) electrons. The lowest BCUT2D eigenvalue weighted by molar-refractivity contribution is -0.137. The van der Waals surface area contributed by atoms with E-state index in [2.05, 4.69) is 37.7 Å². The molecule has 0 atom stereocenters. The SMILES string of the molecule is CCn1nccc1CN(CCC(=O)O)C(C)(C)C. The van der Waals surface area contributed by atoms with E-state index in [1.807, 2.05) is 10.7 Å². The number of rotatable bonds is 6. The van der Waals surface area contributed by atoms with Crippen LogP contribution in [0.15, 0.2) is 12.3 Å². The maximum atomic E-state index is 10.7. The predicted octanol–water partition coefficient (Wildman–Crippen LogP) is 1.98. The molecule has 0 amide bonds. The lowest BCUT2D eigenvalue weighted by Crippen LogP contribution is -2.42. The van der Waals surface area contributed by atoms with Gasteiger partial charge in [0.2, 0.25) is 0 Å². The normalized spacial score (nSPS) is 12.1. The van der Waals surface area contributed by atoms with Crippen molar-refractivity contribution in [2.24, 2.45) is 0 Å². The highest BCUT2D eigenvalue weighted by Gasteiger charge is 2.23. The second-order valence-corrected chi connectivity index (χ2v) is 5.37. The molecule has 1 aromatic heterocycles. The molecule has 1 N–H and O–H groups in total. The minimum Gasteiger partial charge on any atom is -0.481 e. The Morgan fingerprint density at radius 2 is 2.17 bits per heavy atom. The third-order valence-electron chi connectivity index (χ3n) is 3.00. The van der Waals surface area contributed by atoms with Crippen molar-refractivity contribution in [1.82, 2.24) is 14.7 Å². The van der Waals surface area contributed by atoms with Gasteiger partial charge in [-0.3, -0.25) is 14.4 Å². The fourth-order valence-corrected chi connectivity index (χ4v) is 1.86. The van der Waals surface area contributed by atoms with Crippen LogP contribution < -0.4 is 0 Å². The summed E-state index contributed by atoms with van der Waals surface area (Å²) in [7, 11) is 0. The summed E-state index contributed by atoms with van der Waals surface area (Å²) in [4.78, 5) is 12.9. The van der Waals surface area contributed by atoms with Gasteiger partial charge in [-0.2, -0.15) is 5.10 Å². The van der Waals surface area contributed by atoms with Crippen molar-refractivity contribution in [2.45, 2.75) is 52.7 Å². The first-order valence-electron chi connectivity index (χ1n) is 6.32. The highest BCUT2D eigenvalue weighted by Crippen LogP contribution is 2.17. The standard InChI is InChI=1S/C13H23N3O2/c1-5-16-11(6-8-14-16)10-15(13(2,3)4)9-7-12(17)18/h6,8H,5,7,9-10H2,1-4H3,(H,17,18). The average Bonchev–Trinajstić information content (AvgIpc) is 2.69. The van der Waals surface area contributed by atoms with Gasteiger partial charge < -0.3 is 5.11 Å². The number of nitrogens with zero attached hydrogens (tertiary/aromatic N) is 3. The molecule has 0 saturated heterocycles. The van der Waals surface area contributed by atoms with E-state index in [0.29, 0.717) is 6.54 Å². The van der Waals surface area contributed by atoms with Crippen LogP contribution in [0.25, 0.3) is 0 Å². The summed E-state index contributed by atoms with van der Waals surface area (Å²) in [6, 6.07) is 1.99. The summed E-state index contributed by atoms with van der Waals surface area (Å²) >= 11 is 0. The van der Waals surface area contributed by atoms with Crippen LogP contribution in [0, 0.1) is 0 Å². The number of aliphatic carboxylic acids is 1. The topological polar surface area (TPSA) is 58.4 Å². The summed E-state index contributed by atoms with van der Waals surface area (Å²) < 4.78 is 1.94. The van der Waals surface area contributed by atoms with Crippen LogP contribution in [0.3, 0.4) is 0 Å². The third-order valence-corrected chi connectivity index (χ3v) is 3.00. The van der Waals surface area contributed by atoms with Gasteiger partial charge in [-0.25, -0.2) is 0 Å². The Hall–Kier alpha value is -1.36. The van der Waals surface area contributed by atoms with Gasteiger partial charge in [0.15, 0.2) is 0 Å². The van der Waals surface area contributed by atoms with Crippen molar-refractivity contribution < 1.29 is 9.90 Å². The minimum atomic E-state index is -0.756. The zero-order valence-electron chi connectivity index (χ0n) is 11.7. The fraction of sp³-hybridized carbons (Fsp3) is 0.692. The molecule has 0 saturated carbocycles. The van der Waals surface area contributed by atoms with Crippen molar-refractivity contribution in [1.29, 1.82) is 0 Å². The van der Waals surface area contributed by atoms with E-state index in [0.717, 1.165) is 18.8 Å². The first-order valence-corrected chi connectivity index (χ1v) is 6.32. The quantitative estimate of drug-likeness (QED) is 0.842. The highest BCUT2D eigenvalue weighted by atomic mass is 16.4. The average molecular weight is 253 g/mol. The van der Waals surface area contributed by atoms with Crippen LogP contribution >= 0.6 is 0 Å². The van der Waals surface area contributed by atoms with Crippen molar-refractivity contribution in [3.63, 3.8) is 0 Å². The van der Waals surface area contributed by atoms with Crippen LogP contribution in [0.5, 0.6) is 0 Å². The number of hydrogen-bond acceptors (Lipinski definition) is 3. The molecular weight excluding hydrogens is 230 g/mol. The number of hydrogen-bond donors (Lipinski definition) is 1. The van der Waals surface area contributed by atoms with E-state index in [4.69, 9.17) is 5.11 Å². The monoisotopic (exact) mass is 253 g/mol. The van der Waals surface area contributed by atoms with Crippen molar-refractivity contribution in [2.75, 3.05) is 6.54 Å². The summed E-state index contributed by atoms with van der Waals surface area (Å²) in [5.74, 6) is -0.756. The summed E-state index contributed by atoms with van der Waals surface area (Å²) in [6.07, 6.45) is 1.95. The largest absolute Gasteiger partial charge is 0.481 e. The molecule has 5 nitrogen and oxygen atoms in total. The second kappa shape index (κ2) is 6.00. The number of aryl methyl sites for hydroxylation is 1. The molecular formula is C13H23N3O2. The Labute approximate surface area is 108 Å². The summed E-state index contributed by atoms with van der Waals surface area (Å²) in [5.41, 5.74) is 1.07. The van der Waals surface area contributed by atoms with Crippen LogP contribution in [-0.4, -0.2) is 37.8 Å². The molecule has 1 aromatic rings. The van der Waals surface area contributed by atoms with Crippen LogP contribution in [-0.2, 0) is 17.9 Å². The summed E-state index contributed by atoms with van der Waals surface area (Å²) in [5, 5.41) is 13.0. The third kappa shape index (κ3) is 4.14. The van der Waals surface area contributed by atoms with Gasteiger partial charge in [0.05, 0.1) is 12.1 Å². The Morgan fingerprint density at radius 1 is 1.50 bits per heavy atom. The van der Waals surface area contributed by atoms with E-state index in [1.165, 1.54) is 0 Å². The molecule has 1 heterocycles. The molecule has 5 heteroatoms. The van der Waals surface area contributed by atoms with Gasteiger partial charge in [0.25, 0.3) is 0 Å². The molecule has 0 aromatic carbocycles. The predicted molar refractivity (Wildman–Crippen MR) is 70.3 cm³/mol. The van der Waals surface area contributed by atoms with E-state index >= 15 is 0 Å². The second-order valence-electron chi connectivity index (χ2n) is 5.37. The zero-order valence-corrected chi connectivity index (χ0v) is 11.7. The molecule has 0 aliphatic carbocycles. The highest BCUT2D eigenvalue weighted by molar-refractivity contribution is 5.66. The molecule has 0 aliphatic heterocycles. The molecule has 0 spiro atoms. The minimum absolute atomic E-state index is 0.0573. The molecule has 0 unspecified atom stereocenters. The first-order chi connectivity index (χ1) is 8.34. The molecule has 0 bridgehead atoms. The Morgan fingerprint density at radius 3 is 2.67 bits per heavy atom. The van der Waals surface area contributed by atoms with Crippen LogP contribution in [0.1, 0.15) is 39.8 Å². The first kappa shape index (κ1) is 14.7. The number of carboxylic acid groups (broad SMARTS) is 1. The lowest BCUT2D eigenvalue weighted by atomic mass is 10.1. The Bertz CT molecular complexity index is 393. The van der Waals surface area contributed by atoms with E-state index < -0.39 is 5.97 Å². The zero-order chi connectivity index (χ0) is 13.8. The van der Waals surface area contributed by atoms with Gasteiger partial charge in [0, 0.05) is 31.4 Å². The van der Waals surface area contributed by atoms with Crippen LogP contribution in [0.4, 0.5) is 0 Å². The number of aromatic nitrogens is 2. The van der Waals surface area contributed by atoms with Gasteiger partial charge in [-0.15, -0.1) is 0 Å². The smallest absolute Gasteiger partial charge is 0.304 e. The summed E-state index contributed by atoms with van der Waals surface area (Å²) in [6.45, 7) is 10.5. The van der Waals surface area contributed by atoms with Crippen molar-refractivity contribution in [3.8, 4) is 0 Å². The maximum Gasteiger partial charge on any atom is 0.304 e. The van der Waals surface area contributed by atoms with Gasteiger partial charge in [0.1, 0.15) is 0 Å². The van der Waals surface area contributed by atoms with E-state index in [9.17, 15) is 4.79 Å². The van der Waals surface area contributed by atoms with Crippen LogP contribution in [0.2, 0.25) is 0 Å². The Balaban J connectivity index is 2.75. The van der Waals surface area contributed by atoms with Crippen molar-refractivity contribution >= 4 is 5.97 Å². The van der Waals surface area contributed by atoms with Gasteiger partial charge in [-0.05, 0) is 33.8 Å². The number of carboxylic acids is 1. The molecule has 0 fully saturated rings. The molecule has 0 aliphatic rings.